The quantitative estimate of drug-likeness (QED) is 0.606. The molecule has 0 fully saturated rings. The third-order valence-corrected chi connectivity index (χ3v) is 3.35. The highest BCUT2D eigenvalue weighted by atomic mass is 35.5. The van der Waals surface area contributed by atoms with Gasteiger partial charge in [0.2, 0.25) is 0 Å². The van der Waals surface area contributed by atoms with Crippen molar-refractivity contribution in [2.24, 2.45) is 0 Å². The Morgan fingerprint density at radius 3 is 3.05 bits per heavy atom. The number of carbonyl (C=O) groups excluding carboxylic acids is 1. The van der Waals surface area contributed by atoms with Crippen molar-refractivity contribution in [1.29, 1.82) is 0 Å². The maximum Gasteiger partial charge on any atom is 0.344 e. The van der Waals surface area contributed by atoms with E-state index in [1.165, 1.54) is 0 Å². The summed E-state index contributed by atoms with van der Waals surface area (Å²) in [5.74, 6) is 0.00956. The van der Waals surface area contributed by atoms with Crippen molar-refractivity contribution in [2.45, 2.75) is 19.8 Å². The molecule has 7 heteroatoms. The molecule has 102 valence electrons. The van der Waals surface area contributed by atoms with Gasteiger partial charge in [-0.05, 0) is 18.6 Å². The molecule has 0 aliphatic rings. The van der Waals surface area contributed by atoms with E-state index in [0.29, 0.717) is 28.4 Å². The van der Waals surface area contributed by atoms with Gasteiger partial charge >= 0.3 is 5.97 Å². The van der Waals surface area contributed by atoms with Crippen LogP contribution in [-0.4, -0.2) is 27.9 Å². The average molecular weight is 301 g/mol. The monoisotopic (exact) mass is 300 g/mol. The fourth-order valence-corrected chi connectivity index (χ4v) is 2.27. The van der Waals surface area contributed by atoms with Crippen LogP contribution in [0.2, 0.25) is 5.02 Å². The molecule has 0 saturated carbocycles. The first kappa shape index (κ1) is 14.0. The summed E-state index contributed by atoms with van der Waals surface area (Å²) < 4.78 is 18.5. The summed E-state index contributed by atoms with van der Waals surface area (Å²) >= 11 is 7.20. The third kappa shape index (κ3) is 3.54. The third-order valence-electron chi connectivity index (χ3n) is 2.44. The van der Waals surface area contributed by atoms with Gasteiger partial charge in [-0.15, -0.1) is 0 Å². The van der Waals surface area contributed by atoms with Gasteiger partial charge in [0.1, 0.15) is 21.8 Å². The summed E-state index contributed by atoms with van der Waals surface area (Å²) in [4.78, 5) is 11.4. The molecule has 1 aromatic carbocycles. The number of carbonyl (C=O) groups is 1. The summed E-state index contributed by atoms with van der Waals surface area (Å²) in [6.45, 7) is 2.29. The van der Waals surface area contributed by atoms with Crippen LogP contribution in [-0.2, 0) is 9.53 Å². The maximum atomic E-state index is 11.4. The molecule has 0 amide bonds. The van der Waals surface area contributed by atoms with E-state index in [0.717, 1.165) is 24.6 Å². The van der Waals surface area contributed by atoms with Crippen molar-refractivity contribution in [3.8, 4) is 5.75 Å². The predicted octanol–water partition coefficient (Wildman–Crippen LogP) is 3.07. The zero-order chi connectivity index (χ0) is 13.7. The molecule has 1 heterocycles. The Hall–Kier alpha value is -1.40. The second-order valence-corrected chi connectivity index (χ2v) is 4.78. The topological polar surface area (TPSA) is 61.3 Å². The van der Waals surface area contributed by atoms with Crippen molar-refractivity contribution >= 4 is 40.3 Å². The number of benzene rings is 1. The highest BCUT2D eigenvalue weighted by Crippen LogP contribution is 2.31. The molecule has 0 N–H and O–H groups in total. The zero-order valence-corrected chi connectivity index (χ0v) is 12.0. The molecular formula is C12H13ClN2O3S. The minimum atomic E-state index is -0.402. The van der Waals surface area contributed by atoms with E-state index in [9.17, 15) is 4.79 Å². The van der Waals surface area contributed by atoms with Crippen LogP contribution in [0, 0.1) is 0 Å². The van der Waals surface area contributed by atoms with Crippen LogP contribution in [0.3, 0.4) is 0 Å². The summed E-state index contributed by atoms with van der Waals surface area (Å²) in [7, 11) is 0. The van der Waals surface area contributed by atoms with Crippen LogP contribution in [0.4, 0.5) is 0 Å². The second-order valence-electron chi connectivity index (χ2n) is 3.87. The lowest BCUT2D eigenvalue weighted by molar-refractivity contribution is -0.146. The molecule has 2 rings (SSSR count). The van der Waals surface area contributed by atoms with E-state index < -0.39 is 5.97 Å². The van der Waals surface area contributed by atoms with E-state index in [1.807, 2.05) is 6.92 Å². The Kier molecular flexibility index (Phi) is 4.93. The van der Waals surface area contributed by atoms with Gasteiger partial charge in [0, 0.05) is 0 Å². The Labute approximate surface area is 119 Å². The Balaban J connectivity index is 1.94. The zero-order valence-electron chi connectivity index (χ0n) is 10.4. The van der Waals surface area contributed by atoms with E-state index in [-0.39, 0.29) is 6.61 Å². The van der Waals surface area contributed by atoms with E-state index >= 15 is 0 Å². The van der Waals surface area contributed by atoms with Crippen LogP contribution in [0.25, 0.3) is 11.0 Å². The lowest BCUT2D eigenvalue weighted by atomic mass is 10.3. The summed E-state index contributed by atoms with van der Waals surface area (Å²) in [5, 5.41) is 0.368. The number of rotatable bonds is 6. The van der Waals surface area contributed by atoms with Crippen LogP contribution in [0.1, 0.15) is 19.8 Å². The SMILES string of the molecule is CCCCOC(=O)COc1ccc2nsnc2c1Cl. The van der Waals surface area contributed by atoms with Gasteiger partial charge in [0.25, 0.3) is 0 Å². The number of unbranched alkanes of at least 4 members (excludes halogenated alkanes) is 1. The van der Waals surface area contributed by atoms with Crippen molar-refractivity contribution < 1.29 is 14.3 Å². The standard InChI is InChI=1S/C12H13ClN2O3S/c1-2-3-6-17-10(16)7-18-9-5-4-8-12(11(9)13)15-19-14-8/h4-5H,2-3,6-7H2,1H3. The molecule has 19 heavy (non-hydrogen) atoms. The molecule has 0 saturated heterocycles. The lowest BCUT2D eigenvalue weighted by Gasteiger charge is -2.08. The predicted molar refractivity (Wildman–Crippen MR) is 73.8 cm³/mol. The van der Waals surface area contributed by atoms with Gasteiger partial charge in [-0.25, -0.2) is 4.79 Å². The number of nitrogens with zero attached hydrogens (tertiary/aromatic N) is 2. The highest BCUT2D eigenvalue weighted by molar-refractivity contribution is 7.00. The van der Waals surface area contributed by atoms with E-state index in [2.05, 4.69) is 8.75 Å². The van der Waals surface area contributed by atoms with Gasteiger partial charge in [-0.2, -0.15) is 8.75 Å². The van der Waals surface area contributed by atoms with Crippen molar-refractivity contribution in [3.05, 3.63) is 17.2 Å². The highest BCUT2D eigenvalue weighted by Gasteiger charge is 2.12. The first-order valence-electron chi connectivity index (χ1n) is 5.91. The molecular weight excluding hydrogens is 288 g/mol. The molecule has 0 aliphatic carbocycles. The molecule has 0 bridgehead atoms. The maximum absolute atomic E-state index is 11.4. The molecule has 0 atom stereocenters. The molecule has 5 nitrogen and oxygen atoms in total. The minimum absolute atomic E-state index is 0.160. The van der Waals surface area contributed by atoms with Crippen molar-refractivity contribution in [1.82, 2.24) is 8.75 Å². The Bertz CT molecular complexity index is 573. The van der Waals surface area contributed by atoms with Gasteiger partial charge in [0.15, 0.2) is 6.61 Å². The molecule has 0 aliphatic heterocycles. The van der Waals surface area contributed by atoms with Crippen LogP contribution >= 0.6 is 23.3 Å². The fraction of sp³-hybridized carbons (Fsp3) is 0.417. The largest absolute Gasteiger partial charge is 0.480 e. The summed E-state index contributed by atoms with van der Waals surface area (Å²) in [5.41, 5.74) is 1.30. The van der Waals surface area contributed by atoms with E-state index in [1.54, 1.807) is 12.1 Å². The number of hydrogen-bond acceptors (Lipinski definition) is 6. The summed E-state index contributed by atoms with van der Waals surface area (Å²) in [6.07, 6.45) is 1.83. The Morgan fingerprint density at radius 1 is 1.42 bits per heavy atom. The second kappa shape index (κ2) is 6.68. The van der Waals surface area contributed by atoms with Crippen molar-refractivity contribution in [2.75, 3.05) is 13.2 Å². The van der Waals surface area contributed by atoms with Crippen molar-refractivity contribution in [3.63, 3.8) is 0 Å². The summed E-state index contributed by atoms with van der Waals surface area (Å²) in [6, 6.07) is 3.42. The van der Waals surface area contributed by atoms with Gasteiger partial charge < -0.3 is 9.47 Å². The molecule has 0 unspecified atom stereocenters. The normalized spacial score (nSPS) is 10.6. The van der Waals surface area contributed by atoms with E-state index in [4.69, 9.17) is 21.1 Å². The van der Waals surface area contributed by atoms with Gasteiger partial charge in [0.05, 0.1) is 18.3 Å². The van der Waals surface area contributed by atoms with Crippen LogP contribution in [0.15, 0.2) is 12.1 Å². The smallest absolute Gasteiger partial charge is 0.344 e. The molecule has 0 spiro atoms. The molecule has 0 radical (unpaired) electrons. The minimum Gasteiger partial charge on any atom is -0.480 e. The fourth-order valence-electron chi connectivity index (χ4n) is 1.42. The number of fused-ring (bicyclic) bond motifs is 1. The van der Waals surface area contributed by atoms with Gasteiger partial charge in [-0.3, -0.25) is 0 Å². The Morgan fingerprint density at radius 2 is 2.26 bits per heavy atom. The number of halogens is 1. The number of hydrogen-bond donors (Lipinski definition) is 0. The van der Waals surface area contributed by atoms with Crippen LogP contribution < -0.4 is 4.74 Å². The first-order valence-corrected chi connectivity index (χ1v) is 7.02. The average Bonchev–Trinajstić information content (AvgIpc) is 2.87. The lowest BCUT2D eigenvalue weighted by Crippen LogP contribution is -2.15. The first-order chi connectivity index (χ1) is 9.22. The number of esters is 1. The molecule has 2 aromatic rings. The molecule has 1 aromatic heterocycles. The van der Waals surface area contributed by atoms with Crippen LogP contribution in [0.5, 0.6) is 5.75 Å². The number of aromatic nitrogens is 2. The number of ether oxygens (including phenoxy) is 2. The van der Waals surface area contributed by atoms with Gasteiger partial charge in [-0.1, -0.05) is 24.9 Å².